The highest BCUT2D eigenvalue weighted by Crippen LogP contribution is 2.32. The molecule has 1 N–H and O–H groups in total. The van der Waals surface area contributed by atoms with Crippen LogP contribution in [0.25, 0.3) is 0 Å². The molecular weight excluding hydrogens is 305 g/mol. The quantitative estimate of drug-likeness (QED) is 0.906. The van der Waals surface area contributed by atoms with Gasteiger partial charge in [0.25, 0.3) is 0 Å². The molecule has 1 aromatic rings. The van der Waals surface area contributed by atoms with Crippen LogP contribution >= 0.6 is 11.6 Å². The van der Waals surface area contributed by atoms with Crippen molar-refractivity contribution < 1.29 is 17.9 Å². The maximum atomic E-state index is 13.0. The lowest BCUT2D eigenvalue weighted by molar-refractivity contribution is 0.264. The van der Waals surface area contributed by atoms with Crippen LogP contribution in [0, 0.1) is 5.82 Å². The van der Waals surface area contributed by atoms with E-state index in [4.69, 9.17) is 16.7 Å². The number of nitrogens with zero attached hydrogens (tertiary/aromatic N) is 1. The molecule has 1 atom stereocenters. The summed E-state index contributed by atoms with van der Waals surface area (Å²) in [6, 6.07) is 3.19. The molecule has 1 unspecified atom stereocenters. The van der Waals surface area contributed by atoms with Crippen molar-refractivity contribution in [2.45, 2.75) is 36.6 Å². The fraction of sp³-hybridized carbons (Fsp3) is 0.538. The van der Waals surface area contributed by atoms with Gasteiger partial charge in [-0.15, -0.1) is 0 Å². The van der Waals surface area contributed by atoms with Crippen molar-refractivity contribution in [3.8, 4) is 0 Å². The second-order valence-corrected chi connectivity index (χ2v) is 7.12. The van der Waals surface area contributed by atoms with Crippen LogP contribution in [0.1, 0.15) is 25.7 Å². The standard InChI is InChI=1S/C13H17ClFNO3S/c14-12-9-10(15)5-6-13(12)20(18,19)16-7-1-3-11(16)4-2-8-17/h5-6,9,11,17H,1-4,7-8H2. The molecule has 1 aromatic carbocycles. The molecular formula is C13H17ClFNO3S. The van der Waals surface area contributed by atoms with E-state index < -0.39 is 15.8 Å². The van der Waals surface area contributed by atoms with Gasteiger partial charge in [0.15, 0.2) is 0 Å². The van der Waals surface area contributed by atoms with Crippen LogP contribution in [0.2, 0.25) is 5.02 Å². The lowest BCUT2D eigenvalue weighted by Crippen LogP contribution is -2.35. The van der Waals surface area contributed by atoms with Gasteiger partial charge in [-0.3, -0.25) is 0 Å². The second-order valence-electron chi connectivity index (χ2n) is 4.85. The topological polar surface area (TPSA) is 57.6 Å². The SMILES string of the molecule is O=S(=O)(c1ccc(F)cc1Cl)N1CCCC1CCCO. The van der Waals surface area contributed by atoms with Crippen LogP contribution in [-0.2, 0) is 10.0 Å². The molecule has 1 heterocycles. The number of sulfonamides is 1. The summed E-state index contributed by atoms with van der Waals surface area (Å²) in [7, 11) is -3.71. The van der Waals surface area contributed by atoms with Gasteiger partial charge in [0.1, 0.15) is 10.7 Å². The Labute approximate surface area is 123 Å². The largest absolute Gasteiger partial charge is 0.396 e. The van der Waals surface area contributed by atoms with Crippen molar-refractivity contribution in [2.75, 3.05) is 13.2 Å². The molecule has 1 fully saturated rings. The molecule has 7 heteroatoms. The Kier molecular flexibility index (Phi) is 5.01. The highest BCUT2D eigenvalue weighted by Gasteiger charge is 2.35. The predicted octanol–water partition coefficient (Wildman–Crippen LogP) is 2.40. The van der Waals surface area contributed by atoms with Crippen molar-refractivity contribution in [3.63, 3.8) is 0 Å². The molecule has 0 aromatic heterocycles. The zero-order valence-corrected chi connectivity index (χ0v) is 12.5. The third kappa shape index (κ3) is 3.14. The predicted molar refractivity (Wildman–Crippen MR) is 74.6 cm³/mol. The number of aliphatic hydroxyl groups is 1. The van der Waals surface area contributed by atoms with E-state index in [2.05, 4.69) is 0 Å². The molecule has 2 rings (SSSR count). The number of benzene rings is 1. The van der Waals surface area contributed by atoms with Gasteiger partial charge in [0.2, 0.25) is 10.0 Å². The molecule has 20 heavy (non-hydrogen) atoms. The lowest BCUT2D eigenvalue weighted by atomic mass is 10.1. The van der Waals surface area contributed by atoms with Gasteiger partial charge < -0.3 is 5.11 Å². The third-order valence-electron chi connectivity index (χ3n) is 3.50. The third-order valence-corrected chi connectivity index (χ3v) is 5.93. The molecule has 0 saturated carbocycles. The first kappa shape index (κ1) is 15.7. The Hall–Kier alpha value is -0.690. The normalized spacial score (nSPS) is 20.4. The van der Waals surface area contributed by atoms with Gasteiger partial charge in [-0.2, -0.15) is 4.31 Å². The van der Waals surface area contributed by atoms with Crippen molar-refractivity contribution in [1.82, 2.24) is 4.31 Å². The van der Waals surface area contributed by atoms with Crippen LogP contribution in [-0.4, -0.2) is 37.0 Å². The minimum absolute atomic E-state index is 0.0433. The molecule has 1 aliphatic heterocycles. The fourth-order valence-corrected chi connectivity index (χ4v) is 4.78. The van der Waals surface area contributed by atoms with E-state index >= 15 is 0 Å². The molecule has 1 aliphatic rings. The van der Waals surface area contributed by atoms with Crippen molar-refractivity contribution in [1.29, 1.82) is 0 Å². The Bertz CT molecular complexity index is 579. The first-order valence-electron chi connectivity index (χ1n) is 6.54. The second kappa shape index (κ2) is 6.39. The Balaban J connectivity index is 2.29. The summed E-state index contributed by atoms with van der Waals surface area (Å²) >= 11 is 5.86. The highest BCUT2D eigenvalue weighted by atomic mass is 35.5. The summed E-state index contributed by atoms with van der Waals surface area (Å²) < 4.78 is 39.6. The van der Waals surface area contributed by atoms with E-state index in [1.165, 1.54) is 10.4 Å². The van der Waals surface area contributed by atoms with Crippen LogP contribution in [0.5, 0.6) is 0 Å². The summed E-state index contributed by atoms with van der Waals surface area (Å²) in [5, 5.41) is 8.78. The monoisotopic (exact) mass is 321 g/mol. The first-order valence-corrected chi connectivity index (χ1v) is 8.36. The van der Waals surface area contributed by atoms with Crippen molar-refractivity contribution >= 4 is 21.6 Å². The van der Waals surface area contributed by atoms with E-state index in [9.17, 15) is 12.8 Å². The van der Waals surface area contributed by atoms with E-state index in [-0.39, 0.29) is 22.6 Å². The lowest BCUT2D eigenvalue weighted by Gasteiger charge is -2.24. The number of rotatable bonds is 5. The summed E-state index contributed by atoms with van der Waals surface area (Å²) in [5.74, 6) is -0.563. The average molecular weight is 322 g/mol. The van der Waals surface area contributed by atoms with Gasteiger partial charge in [0.05, 0.1) is 5.02 Å². The van der Waals surface area contributed by atoms with Gasteiger partial charge in [-0.25, -0.2) is 12.8 Å². The minimum atomic E-state index is -3.71. The molecule has 4 nitrogen and oxygen atoms in total. The number of hydrogen-bond acceptors (Lipinski definition) is 3. The van der Waals surface area contributed by atoms with Gasteiger partial charge in [0, 0.05) is 19.2 Å². The van der Waals surface area contributed by atoms with E-state index in [1.807, 2.05) is 0 Å². The van der Waals surface area contributed by atoms with Crippen molar-refractivity contribution in [2.24, 2.45) is 0 Å². The van der Waals surface area contributed by atoms with Crippen LogP contribution in [0.4, 0.5) is 4.39 Å². The van der Waals surface area contributed by atoms with Gasteiger partial charge >= 0.3 is 0 Å². The Morgan fingerprint density at radius 2 is 2.20 bits per heavy atom. The van der Waals surface area contributed by atoms with E-state index in [0.29, 0.717) is 19.4 Å². The van der Waals surface area contributed by atoms with Gasteiger partial charge in [-0.05, 0) is 43.9 Å². The fourth-order valence-electron chi connectivity index (χ4n) is 2.55. The Morgan fingerprint density at radius 3 is 2.85 bits per heavy atom. The summed E-state index contributed by atoms with van der Waals surface area (Å²) in [5.41, 5.74) is 0. The zero-order chi connectivity index (χ0) is 14.8. The number of halogens is 2. The molecule has 0 bridgehead atoms. The molecule has 0 spiro atoms. The molecule has 0 radical (unpaired) electrons. The summed E-state index contributed by atoms with van der Waals surface area (Å²) in [6.07, 6.45) is 2.74. The minimum Gasteiger partial charge on any atom is -0.396 e. The number of aliphatic hydroxyl groups excluding tert-OH is 1. The maximum absolute atomic E-state index is 13.0. The summed E-state index contributed by atoms with van der Waals surface area (Å²) in [6.45, 7) is 0.480. The summed E-state index contributed by atoms with van der Waals surface area (Å²) in [4.78, 5) is -0.0588. The smallest absolute Gasteiger partial charge is 0.244 e. The average Bonchev–Trinajstić information content (AvgIpc) is 2.84. The van der Waals surface area contributed by atoms with E-state index in [0.717, 1.165) is 25.0 Å². The molecule has 1 saturated heterocycles. The zero-order valence-electron chi connectivity index (χ0n) is 10.9. The Morgan fingerprint density at radius 1 is 1.45 bits per heavy atom. The van der Waals surface area contributed by atoms with Crippen LogP contribution < -0.4 is 0 Å². The molecule has 0 aliphatic carbocycles. The highest BCUT2D eigenvalue weighted by molar-refractivity contribution is 7.89. The molecule has 112 valence electrons. The van der Waals surface area contributed by atoms with Crippen LogP contribution in [0.15, 0.2) is 23.1 Å². The number of hydrogen-bond donors (Lipinski definition) is 1. The van der Waals surface area contributed by atoms with E-state index in [1.54, 1.807) is 0 Å². The first-order chi connectivity index (χ1) is 9.46. The maximum Gasteiger partial charge on any atom is 0.244 e. The van der Waals surface area contributed by atoms with Crippen LogP contribution in [0.3, 0.4) is 0 Å². The van der Waals surface area contributed by atoms with Gasteiger partial charge in [-0.1, -0.05) is 11.6 Å². The van der Waals surface area contributed by atoms with Crippen molar-refractivity contribution in [3.05, 3.63) is 29.0 Å². The molecule has 0 amide bonds.